The number of hydrogen-bond donors (Lipinski definition) is 4. The molecule has 0 bridgehead atoms. The highest BCUT2D eigenvalue weighted by Gasteiger charge is 2.36. The van der Waals surface area contributed by atoms with Crippen LogP contribution in [0.15, 0.2) is 78.5 Å². The van der Waals surface area contributed by atoms with Crippen molar-refractivity contribution in [1.29, 1.82) is 0 Å². The van der Waals surface area contributed by atoms with E-state index in [1.807, 2.05) is 54.6 Å². The Hall–Kier alpha value is -4.61. The molecule has 2 unspecified atom stereocenters. The molecule has 0 aliphatic carbocycles. The van der Waals surface area contributed by atoms with Crippen LogP contribution in [0.4, 0.5) is 0 Å². The lowest BCUT2D eigenvalue weighted by atomic mass is 10.1. The number of carbonyl (C=O) groups excluding carboxylic acids is 4. The summed E-state index contributed by atoms with van der Waals surface area (Å²) < 4.78 is 4.69. The predicted octanol–water partition coefficient (Wildman–Crippen LogP) is 1.03. The van der Waals surface area contributed by atoms with Gasteiger partial charge >= 0.3 is 5.97 Å². The number of carbonyl (C=O) groups is 4. The molecule has 1 aromatic heterocycles. The van der Waals surface area contributed by atoms with Crippen LogP contribution in [0.3, 0.4) is 0 Å². The van der Waals surface area contributed by atoms with Gasteiger partial charge in [0.15, 0.2) is 0 Å². The topological polar surface area (TPSA) is 150 Å². The number of ether oxygens (including phenoxy) is 1. The molecule has 11 heteroatoms. The second-order valence-corrected chi connectivity index (χ2v) is 10.0. The lowest BCUT2D eigenvalue weighted by Crippen LogP contribution is -2.52. The number of fused-ring (bicyclic) bond motifs is 1. The smallest absolute Gasteiger partial charge is 0.310 e. The molecule has 5 rings (SSSR count). The van der Waals surface area contributed by atoms with Crippen molar-refractivity contribution in [2.24, 2.45) is 0 Å². The highest BCUT2D eigenvalue weighted by molar-refractivity contribution is 6.06. The molecule has 4 N–H and O–H groups in total. The van der Waals surface area contributed by atoms with Gasteiger partial charge in [-0.05, 0) is 29.0 Å². The summed E-state index contributed by atoms with van der Waals surface area (Å²) in [5.41, 5.74) is 2.19. The highest BCUT2D eigenvalue weighted by atomic mass is 16.6. The number of aromatic nitrogens is 1. The Morgan fingerprint density at radius 2 is 1.78 bits per heavy atom. The second-order valence-electron chi connectivity index (χ2n) is 10.0. The first-order valence-electron chi connectivity index (χ1n) is 13.4. The zero-order valence-corrected chi connectivity index (χ0v) is 22.3. The number of pyridine rings is 1. The molecular formula is C30H31N5O6. The fraction of sp³-hybridized carbons (Fsp3) is 0.300. The van der Waals surface area contributed by atoms with Crippen LogP contribution in [0.2, 0.25) is 0 Å². The minimum atomic E-state index is -1.44. The Bertz CT molecular complexity index is 1470. The molecule has 0 radical (unpaired) electrons. The fourth-order valence-electron chi connectivity index (χ4n) is 4.96. The summed E-state index contributed by atoms with van der Waals surface area (Å²) in [5, 5.41) is 20.1. The van der Waals surface area contributed by atoms with E-state index in [2.05, 4.69) is 25.7 Å². The number of nitrogens with one attached hydrogen (secondary N) is 3. The van der Waals surface area contributed by atoms with Crippen LogP contribution in [0, 0.1) is 0 Å². The minimum Gasteiger partial charge on any atom is -0.434 e. The lowest BCUT2D eigenvalue weighted by Gasteiger charge is -2.26. The quantitative estimate of drug-likeness (QED) is 0.225. The Balaban J connectivity index is 1.31. The van der Waals surface area contributed by atoms with Gasteiger partial charge in [-0.2, -0.15) is 0 Å². The molecule has 2 aliphatic heterocycles. The molecule has 3 heterocycles. The van der Waals surface area contributed by atoms with Crippen LogP contribution in [-0.4, -0.2) is 76.7 Å². The first kappa shape index (κ1) is 27.9. The van der Waals surface area contributed by atoms with Crippen molar-refractivity contribution in [3.63, 3.8) is 0 Å². The highest BCUT2D eigenvalue weighted by Crippen LogP contribution is 2.18. The molecule has 2 aromatic carbocycles. The van der Waals surface area contributed by atoms with Gasteiger partial charge in [0, 0.05) is 31.2 Å². The Kier molecular flexibility index (Phi) is 8.66. The van der Waals surface area contributed by atoms with Crippen LogP contribution in [-0.2, 0) is 25.7 Å². The molecule has 3 amide bonds. The largest absolute Gasteiger partial charge is 0.434 e. The standard InChI is InChI=1S/C30H31N5O6/c36-25(33-24-14-26(37)41-30(24)40)18-35-17-20(16-31-15-19-6-2-1-3-7-19)10-11-23(29(35)39)34-28(38)27-22-9-5-4-8-21(22)12-13-32-27/h1-10,12-13,23-24,30-31,40H,11,14-18H2,(H,33,36)(H,34,38)/t23-,24?,30?/m0/s1. The third kappa shape index (κ3) is 6.94. The van der Waals surface area contributed by atoms with Crippen LogP contribution >= 0.6 is 0 Å². The lowest BCUT2D eigenvalue weighted by molar-refractivity contribution is -0.155. The maximum atomic E-state index is 13.6. The minimum absolute atomic E-state index is 0.161. The van der Waals surface area contributed by atoms with Gasteiger partial charge < -0.3 is 30.7 Å². The summed E-state index contributed by atoms with van der Waals surface area (Å²) in [4.78, 5) is 56.9. The van der Waals surface area contributed by atoms with E-state index in [4.69, 9.17) is 0 Å². The van der Waals surface area contributed by atoms with Crippen molar-refractivity contribution < 1.29 is 29.0 Å². The predicted molar refractivity (Wildman–Crippen MR) is 149 cm³/mol. The number of aliphatic hydroxyl groups is 1. The van der Waals surface area contributed by atoms with Crippen molar-refractivity contribution in [2.45, 2.75) is 37.8 Å². The van der Waals surface area contributed by atoms with E-state index in [0.717, 1.165) is 16.5 Å². The fourth-order valence-corrected chi connectivity index (χ4v) is 4.96. The zero-order chi connectivity index (χ0) is 28.8. The number of esters is 1. The van der Waals surface area contributed by atoms with E-state index in [9.17, 15) is 24.3 Å². The average molecular weight is 558 g/mol. The number of aliphatic hydroxyl groups excluding tert-OH is 1. The number of cyclic esters (lactones) is 1. The van der Waals surface area contributed by atoms with Crippen LogP contribution in [0.25, 0.3) is 10.8 Å². The molecule has 2 aliphatic rings. The van der Waals surface area contributed by atoms with E-state index in [1.165, 1.54) is 4.90 Å². The van der Waals surface area contributed by atoms with Gasteiger partial charge in [0.2, 0.25) is 18.1 Å². The summed E-state index contributed by atoms with van der Waals surface area (Å²) in [7, 11) is 0. The van der Waals surface area contributed by atoms with Gasteiger partial charge in [-0.1, -0.05) is 60.7 Å². The van der Waals surface area contributed by atoms with E-state index in [1.54, 1.807) is 18.3 Å². The summed E-state index contributed by atoms with van der Waals surface area (Å²) in [5.74, 6) is -2.09. The summed E-state index contributed by atoms with van der Waals surface area (Å²) >= 11 is 0. The SMILES string of the molecule is O=C(CN1CC(CNCc2ccccc2)=CC[C@H](NC(=O)c2nccc3ccccc23)C1=O)NC1CC(=O)OC1O. The molecule has 1 fully saturated rings. The second kappa shape index (κ2) is 12.7. The van der Waals surface area contributed by atoms with Crippen molar-refractivity contribution in [1.82, 2.24) is 25.8 Å². The van der Waals surface area contributed by atoms with E-state index < -0.39 is 42.1 Å². The molecule has 41 heavy (non-hydrogen) atoms. The number of rotatable bonds is 9. The number of amides is 3. The third-order valence-electron chi connectivity index (χ3n) is 7.03. The van der Waals surface area contributed by atoms with Crippen LogP contribution < -0.4 is 16.0 Å². The Morgan fingerprint density at radius 3 is 2.56 bits per heavy atom. The first-order chi connectivity index (χ1) is 19.9. The van der Waals surface area contributed by atoms with Gasteiger partial charge in [-0.25, -0.2) is 0 Å². The number of benzene rings is 2. The number of hydrogen-bond acceptors (Lipinski definition) is 8. The summed E-state index contributed by atoms with van der Waals surface area (Å²) in [6.45, 7) is 0.920. The van der Waals surface area contributed by atoms with Crippen molar-refractivity contribution in [3.05, 3.63) is 89.8 Å². The first-order valence-corrected chi connectivity index (χ1v) is 13.4. The molecular weight excluding hydrogens is 526 g/mol. The molecule has 3 atom stereocenters. The zero-order valence-electron chi connectivity index (χ0n) is 22.3. The summed E-state index contributed by atoms with van der Waals surface area (Å²) in [6, 6.07) is 17.2. The molecule has 212 valence electrons. The monoisotopic (exact) mass is 557 g/mol. The van der Waals surface area contributed by atoms with E-state index in [-0.39, 0.29) is 31.6 Å². The molecule has 11 nitrogen and oxygen atoms in total. The van der Waals surface area contributed by atoms with Crippen molar-refractivity contribution >= 4 is 34.5 Å². The van der Waals surface area contributed by atoms with E-state index >= 15 is 0 Å². The Morgan fingerprint density at radius 1 is 1.00 bits per heavy atom. The summed E-state index contributed by atoms with van der Waals surface area (Å²) in [6.07, 6.45) is 2.09. The van der Waals surface area contributed by atoms with Gasteiger partial charge in [0.1, 0.15) is 17.8 Å². The number of nitrogens with zero attached hydrogens (tertiary/aromatic N) is 2. The van der Waals surface area contributed by atoms with E-state index in [0.29, 0.717) is 18.5 Å². The van der Waals surface area contributed by atoms with Crippen LogP contribution in [0.5, 0.6) is 0 Å². The molecule has 0 saturated carbocycles. The third-order valence-corrected chi connectivity index (χ3v) is 7.03. The van der Waals surface area contributed by atoms with Gasteiger partial charge in [-0.3, -0.25) is 24.2 Å². The average Bonchev–Trinajstić information content (AvgIpc) is 3.21. The Labute approximate surface area is 236 Å². The van der Waals surface area contributed by atoms with Crippen molar-refractivity contribution in [3.8, 4) is 0 Å². The van der Waals surface area contributed by atoms with Crippen molar-refractivity contribution in [2.75, 3.05) is 19.6 Å². The maximum Gasteiger partial charge on any atom is 0.310 e. The van der Waals surface area contributed by atoms with Gasteiger partial charge in [0.25, 0.3) is 5.91 Å². The molecule has 3 aromatic rings. The van der Waals surface area contributed by atoms with Gasteiger partial charge in [-0.15, -0.1) is 0 Å². The molecule has 0 spiro atoms. The maximum absolute atomic E-state index is 13.6. The molecule has 1 saturated heterocycles. The van der Waals surface area contributed by atoms with Crippen LogP contribution in [0.1, 0.15) is 28.9 Å². The normalized spacial score (nSPS) is 20.8. The van der Waals surface area contributed by atoms with Gasteiger partial charge in [0.05, 0.1) is 13.0 Å².